The lowest BCUT2D eigenvalue weighted by atomic mass is 10.2. The van der Waals surface area contributed by atoms with E-state index < -0.39 is 12.0 Å². The number of carbonyl (C=O) groups is 1. The molecule has 0 fully saturated rings. The number of hydrogen-bond donors (Lipinski definition) is 5. The first kappa shape index (κ1) is 12.2. The van der Waals surface area contributed by atoms with E-state index in [9.17, 15) is 9.59 Å². The predicted octanol–water partition coefficient (Wildman–Crippen LogP) is 0.0701. The van der Waals surface area contributed by atoms with Crippen molar-refractivity contribution in [3.05, 3.63) is 28.7 Å². The Morgan fingerprint density at radius 3 is 2.83 bits per heavy atom. The Kier molecular flexibility index (Phi) is 3.33. The molecule has 1 atom stereocenters. The average molecular weight is 250 g/mol. The Labute approximate surface area is 102 Å². The number of nitrogens with one attached hydrogen (secondary N) is 3. The number of rotatable bonds is 5. The molecule has 1 aromatic heterocycles. The number of carboxylic acid groups (broad SMARTS) is 1. The molecule has 0 radical (unpaired) electrons. The lowest BCUT2D eigenvalue weighted by Crippen LogP contribution is -2.31. The minimum Gasteiger partial charge on any atom is -0.481 e. The summed E-state index contributed by atoms with van der Waals surface area (Å²) >= 11 is 0. The molecule has 6 N–H and O–H groups in total. The third kappa shape index (κ3) is 2.89. The van der Waals surface area contributed by atoms with Crippen molar-refractivity contribution in [1.29, 1.82) is 0 Å². The number of hydrogen-bond acceptors (Lipinski definition) is 4. The van der Waals surface area contributed by atoms with Crippen LogP contribution >= 0.6 is 0 Å². The van der Waals surface area contributed by atoms with E-state index >= 15 is 0 Å². The highest BCUT2D eigenvalue weighted by Gasteiger charge is 2.07. The number of aromatic amines is 2. The fourth-order valence-electron chi connectivity index (χ4n) is 1.69. The standard InChI is InChI=1S/C11H14N4O3/c12-6(3-10(16)17)5-13-7-1-2-8-9(4-7)15-11(18)14-8/h1-2,4,6,13H,3,5,12H2,(H,16,17)(H2,14,15,18). The molecule has 2 rings (SSSR count). The van der Waals surface area contributed by atoms with Crippen molar-refractivity contribution in [1.82, 2.24) is 9.97 Å². The molecule has 18 heavy (non-hydrogen) atoms. The summed E-state index contributed by atoms with van der Waals surface area (Å²) in [4.78, 5) is 26.8. The number of imidazole rings is 1. The van der Waals surface area contributed by atoms with Crippen LogP contribution in [0.25, 0.3) is 11.0 Å². The number of fused-ring (bicyclic) bond motifs is 1. The molecule has 7 nitrogen and oxygen atoms in total. The van der Waals surface area contributed by atoms with Gasteiger partial charge < -0.3 is 26.1 Å². The third-order valence-corrected chi connectivity index (χ3v) is 2.52. The molecule has 0 saturated heterocycles. The Balaban J connectivity index is 2.03. The van der Waals surface area contributed by atoms with Crippen molar-refractivity contribution < 1.29 is 9.90 Å². The Morgan fingerprint density at radius 2 is 2.11 bits per heavy atom. The third-order valence-electron chi connectivity index (χ3n) is 2.52. The largest absolute Gasteiger partial charge is 0.481 e. The van der Waals surface area contributed by atoms with Gasteiger partial charge in [0.25, 0.3) is 0 Å². The van der Waals surface area contributed by atoms with Crippen LogP contribution < -0.4 is 16.7 Å². The summed E-state index contributed by atoms with van der Waals surface area (Å²) in [5.74, 6) is -0.922. The van der Waals surface area contributed by atoms with Gasteiger partial charge in [-0.1, -0.05) is 0 Å². The zero-order valence-corrected chi connectivity index (χ0v) is 9.56. The van der Waals surface area contributed by atoms with Gasteiger partial charge in [0, 0.05) is 18.3 Å². The molecule has 0 aliphatic rings. The minimum atomic E-state index is -0.922. The molecule has 1 heterocycles. The number of carboxylic acids is 1. The van der Waals surface area contributed by atoms with Gasteiger partial charge in [-0.15, -0.1) is 0 Å². The van der Waals surface area contributed by atoms with E-state index in [1.54, 1.807) is 18.2 Å². The number of aromatic nitrogens is 2. The Bertz CT molecular complexity index is 616. The van der Waals surface area contributed by atoms with Crippen molar-refractivity contribution >= 4 is 22.7 Å². The van der Waals surface area contributed by atoms with Gasteiger partial charge in [-0.2, -0.15) is 0 Å². The second-order valence-corrected chi connectivity index (χ2v) is 4.08. The summed E-state index contributed by atoms with van der Waals surface area (Å²) < 4.78 is 0. The first-order chi connectivity index (χ1) is 8.54. The second-order valence-electron chi connectivity index (χ2n) is 4.08. The lowest BCUT2D eigenvalue weighted by molar-refractivity contribution is -0.137. The number of anilines is 1. The van der Waals surface area contributed by atoms with E-state index in [-0.39, 0.29) is 12.1 Å². The molecule has 1 unspecified atom stereocenters. The fraction of sp³-hybridized carbons (Fsp3) is 0.273. The highest BCUT2D eigenvalue weighted by molar-refractivity contribution is 5.78. The maximum atomic E-state index is 11.1. The molecule has 2 aromatic rings. The Hall–Kier alpha value is -2.28. The molecule has 1 aromatic carbocycles. The predicted molar refractivity (Wildman–Crippen MR) is 67.6 cm³/mol. The second kappa shape index (κ2) is 4.92. The van der Waals surface area contributed by atoms with Crippen molar-refractivity contribution in [2.45, 2.75) is 12.5 Å². The van der Waals surface area contributed by atoms with Gasteiger partial charge in [0.2, 0.25) is 0 Å². The van der Waals surface area contributed by atoms with Crippen LogP contribution in [-0.4, -0.2) is 33.6 Å². The smallest absolute Gasteiger partial charge is 0.323 e. The molecule has 96 valence electrons. The SMILES string of the molecule is NC(CNc1ccc2[nH]c(=O)[nH]c2c1)CC(=O)O. The molecular weight excluding hydrogens is 236 g/mol. The van der Waals surface area contributed by atoms with Gasteiger partial charge in [0.1, 0.15) is 0 Å². The summed E-state index contributed by atoms with van der Waals surface area (Å²) in [7, 11) is 0. The van der Waals surface area contributed by atoms with Crippen LogP contribution in [0.15, 0.2) is 23.0 Å². The number of H-pyrrole nitrogens is 2. The van der Waals surface area contributed by atoms with E-state index in [1.807, 2.05) is 0 Å². The summed E-state index contributed by atoms with van der Waals surface area (Å²) in [6.45, 7) is 0.354. The van der Waals surface area contributed by atoms with Crippen molar-refractivity contribution in [2.75, 3.05) is 11.9 Å². The van der Waals surface area contributed by atoms with Crippen LogP contribution in [0.4, 0.5) is 5.69 Å². The number of aliphatic carboxylic acids is 1. The first-order valence-electron chi connectivity index (χ1n) is 5.48. The highest BCUT2D eigenvalue weighted by Crippen LogP contribution is 2.14. The van der Waals surface area contributed by atoms with Gasteiger partial charge in [-0.25, -0.2) is 4.79 Å². The van der Waals surface area contributed by atoms with Crippen LogP contribution in [0.5, 0.6) is 0 Å². The molecule has 0 saturated carbocycles. The Morgan fingerprint density at radius 1 is 1.39 bits per heavy atom. The summed E-state index contributed by atoms with van der Waals surface area (Å²) in [6, 6.07) is 4.86. The van der Waals surface area contributed by atoms with Crippen molar-refractivity contribution in [2.24, 2.45) is 5.73 Å². The van der Waals surface area contributed by atoms with E-state index in [1.165, 1.54) is 0 Å². The van der Waals surface area contributed by atoms with Gasteiger partial charge in [-0.05, 0) is 18.2 Å². The molecular formula is C11H14N4O3. The molecule has 7 heteroatoms. The van der Waals surface area contributed by atoms with Crippen LogP contribution in [0.1, 0.15) is 6.42 Å². The van der Waals surface area contributed by atoms with E-state index in [0.29, 0.717) is 12.1 Å². The van der Waals surface area contributed by atoms with Gasteiger partial charge in [0.05, 0.1) is 17.5 Å². The summed E-state index contributed by atoms with van der Waals surface area (Å²) in [6.07, 6.45) is -0.0871. The van der Waals surface area contributed by atoms with Gasteiger partial charge in [0.15, 0.2) is 0 Å². The average Bonchev–Trinajstić information content (AvgIpc) is 2.64. The lowest BCUT2D eigenvalue weighted by Gasteiger charge is -2.11. The number of nitrogens with two attached hydrogens (primary N) is 1. The molecule has 0 amide bonds. The van der Waals surface area contributed by atoms with E-state index in [0.717, 1.165) is 11.2 Å². The van der Waals surface area contributed by atoms with Crippen LogP contribution in [-0.2, 0) is 4.79 Å². The molecule has 0 spiro atoms. The van der Waals surface area contributed by atoms with Crippen LogP contribution in [0, 0.1) is 0 Å². The minimum absolute atomic E-state index is 0.0871. The van der Waals surface area contributed by atoms with Crippen LogP contribution in [0.3, 0.4) is 0 Å². The van der Waals surface area contributed by atoms with E-state index in [2.05, 4.69) is 15.3 Å². The quantitative estimate of drug-likeness (QED) is 0.513. The first-order valence-corrected chi connectivity index (χ1v) is 5.48. The zero-order valence-electron chi connectivity index (χ0n) is 9.56. The molecule has 0 bridgehead atoms. The maximum absolute atomic E-state index is 11.1. The van der Waals surface area contributed by atoms with Crippen molar-refractivity contribution in [3.63, 3.8) is 0 Å². The van der Waals surface area contributed by atoms with Gasteiger partial charge in [-0.3, -0.25) is 4.79 Å². The fourth-order valence-corrected chi connectivity index (χ4v) is 1.69. The van der Waals surface area contributed by atoms with Crippen molar-refractivity contribution in [3.8, 4) is 0 Å². The summed E-state index contributed by atoms with van der Waals surface area (Å²) in [5, 5.41) is 11.6. The zero-order chi connectivity index (χ0) is 13.1. The maximum Gasteiger partial charge on any atom is 0.323 e. The topological polar surface area (TPSA) is 124 Å². The monoisotopic (exact) mass is 250 g/mol. The highest BCUT2D eigenvalue weighted by atomic mass is 16.4. The van der Waals surface area contributed by atoms with Crippen LogP contribution in [0.2, 0.25) is 0 Å². The normalized spacial score (nSPS) is 12.5. The van der Waals surface area contributed by atoms with Gasteiger partial charge >= 0.3 is 11.7 Å². The summed E-state index contributed by atoms with van der Waals surface area (Å²) in [5.41, 5.74) is 7.56. The molecule has 0 aliphatic carbocycles. The molecule has 0 aliphatic heterocycles. The number of benzene rings is 1. The van der Waals surface area contributed by atoms with E-state index in [4.69, 9.17) is 10.8 Å².